The zero-order valence-corrected chi connectivity index (χ0v) is 27.3. The summed E-state index contributed by atoms with van der Waals surface area (Å²) >= 11 is 0. The number of alkyl halides is 1. The monoisotopic (exact) mass is 639 g/mol. The van der Waals surface area contributed by atoms with Gasteiger partial charge in [0.1, 0.15) is 22.7 Å². The Morgan fingerprint density at radius 2 is 1.91 bits per heavy atom. The van der Waals surface area contributed by atoms with Gasteiger partial charge < -0.3 is 25.3 Å². The summed E-state index contributed by atoms with van der Waals surface area (Å²) in [4.78, 5) is 39.1. The summed E-state index contributed by atoms with van der Waals surface area (Å²) in [5.41, 5.74) is 10.3. The number of carbonyl (C=O) groups excluding carboxylic acids is 2. The number of nitrogens with one attached hydrogen (secondary N) is 1. The Morgan fingerprint density at radius 1 is 1.13 bits per heavy atom. The van der Waals surface area contributed by atoms with Crippen LogP contribution in [0, 0.1) is 24.2 Å². The van der Waals surface area contributed by atoms with Gasteiger partial charge in [0.2, 0.25) is 5.91 Å². The van der Waals surface area contributed by atoms with Crippen LogP contribution in [-0.2, 0) is 11.3 Å². The van der Waals surface area contributed by atoms with E-state index in [2.05, 4.69) is 22.0 Å². The predicted octanol–water partition coefficient (Wildman–Crippen LogP) is 5.10. The molecule has 6 aliphatic rings. The molecule has 47 heavy (non-hydrogen) atoms. The number of amides is 2. The number of aromatic nitrogens is 4. The second-order valence-corrected chi connectivity index (χ2v) is 15.3. The molecule has 0 aromatic carbocycles. The highest BCUT2D eigenvalue weighted by Crippen LogP contribution is 2.69. The van der Waals surface area contributed by atoms with Gasteiger partial charge in [-0.2, -0.15) is 0 Å². The van der Waals surface area contributed by atoms with Crippen molar-refractivity contribution in [2.45, 2.75) is 95.6 Å². The van der Waals surface area contributed by atoms with Crippen LogP contribution in [0.5, 0.6) is 5.88 Å². The van der Waals surface area contributed by atoms with Gasteiger partial charge in [0.15, 0.2) is 5.88 Å². The zero-order valence-electron chi connectivity index (χ0n) is 27.3. The number of methoxy groups -OCH3 is 1. The van der Waals surface area contributed by atoms with Crippen molar-refractivity contribution < 1.29 is 18.7 Å². The first-order chi connectivity index (χ1) is 22.5. The van der Waals surface area contributed by atoms with Crippen molar-refractivity contribution >= 4 is 28.5 Å². The second kappa shape index (κ2) is 10.0. The molecule has 0 unspecified atom stereocenters. The summed E-state index contributed by atoms with van der Waals surface area (Å²) < 4.78 is 24.2. The number of halogens is 1. The van der Waals surface area contributed by atoms with E-state index < -0.39 is 11.1 Å². The largest absolute Gasteiger partial charge is 0.482 e. The average molecular weight is 640 g/mol. The number of ether oxygens (including phenoxy) is 1. The maximum Gasteiger partial charge on any atom is 0.254 e. The molecular weight excluding hydrogens is 597 g/mol. The van der Waals surface area contributed by atoms with Gasteiger partial charge in [-0.15, -0.1) is 0 Å². The van der Waals surface area contributed by atoms with Crippen molar-refractivity contribution in [3.63, 3.8) is 0 Å². The molecule has 5 saturated carbocycles. The van der Waals surface area contributed by atoms with E-state index in [1.54, 1.807) is 7.11 Å². The van der Waals surface area contributed by atoms with Crippen LogP contribution in [-0.4, -0.2) is 67.1 Å². The third kappa shape index (κ3) is 4.44. The van der Waals surface area contributed by atoms with Gasteiger partial charge in [-0.1, -0.05) is 0 Å². The molecule has 0 spiro atoms. The van der Waals surface area contributed by atoms with E-state index in [0.717, 1.165) is 59.6 Å². The molecule has 5 heterocycles. The maximum atomic E-state index is 14.1. The van der Waals surface area contributed by atoms with Gasteiger partial charge in [-0.25, -0.2) is 14.4 Å². The second-order valence-electron chi connectivity index (χ2n) is 15.3. The Labute approximate surface area is 272 Å². The lowest BCUT2D eigenvalue weighted by Gasteiger charge is -2.64. The normalized spacial score (nSPS) is 29.9. The molecule has 6 fully saturated rings. The predicted molar refractivity (Wildman–Crippen MR) is 175 cm³/mol. The first kappa shape index (κ1) is 29.2. The molecule has 246 valence electrons. The van der Waals surface area contributed by atoms with Crippen LogP contribution in [0.3, 0.4) is 0 Å². The highest BCUT2D eigenvalue weighted by Gasteiger charge is 2.72. The van der Waals surface area contributed by atoms with E-state index in [0.29, 0.717) is 54.7 Å². The van der Waals surface area contributed by atoms with Crippen LogP contribution in [0.25, 0.3) is 28.1 Å². The fourth-order valence-corrected chi connectivity index (χ4v) is 9.05. The molecule has 4 aromatic rings. The van der Waals surface area contributed by atoms with E-state index in [4.69, 9.17) is 20.4 Å². The number of pyridine rings is 2. The minimum absolute atomic E-state index is 0.0160. The van der Waals surface area contributed by atoms with Crippen LogP contribution in [0.1, 0.15) is 86.1 Å². The fourth-order valence-electron chi connectivity index (χ4n) is 9.05. The van der Waals surface area contributed by atoms with E-state index in [-0.39, 0.29) is 29.9 Å². The quantitative estimate of drug-likeness (QED) is 0.277. The number of nitrogens with two attached hydrogens (primary N) is 1. The Hall–Kier alpha value is -3.99. The van der Waals surface area contributed by atoms with Gasteiger partial charge >= 0.3 is 0 Å². The Morgan fingerprint density at radius 3 is 2.64 bits per heavy atom. The molecule has 4 aromatic heterocycles. The molecule has 4 bridgehead atoms. The van der Waals surface area contributed by atoms with E-state index in [9.17, 15) is 14.0 Å². The lowest BCUT2D eigenvalue weighted by atomic mass is 9.42. The maximum absolute atomic E-state index is 14.1. The lowest BCUT2D eigenvalue weighted by Crippen LogP contribution is -2.70. The topological polar surface area (TPSA) is 120 Å². The highest BCUT2D eigenvalue weighted by molar-refractivity contribution is 5.96. The van der Waals surface area contributed by atoms with Crippen LogP contribution in [0.15, 0.2) is 30.3 Å². The molecule has 11 heteroatoms. The summed E-state index contributed by atoms with van der Waals surface area (Å²) in [6.45, 7) is 5.38. The van der Waals surface area contributed by atoms with Gasteiger partial charge in [0.05, 0.1) is 35.6 Å². The van der Waals surface area contributed by atoms with Gasteiger partial charge in [-0.05, 0) is 101 Å². The van der Waals surface area contributed by atoms with Crippen LogP contribution >= 0.6 is 0 Å². The van der Waals surface area contributed by atoms with Crippen LogP contribution < -0.4 is 15.8 Å². The van der Waals surface area contributed by atoms with Crippen molar-refractivity contribution in [3.05, 3.63) is 47.3 Å². The summed E-state index contributed by atoms with van der Waals surface area (Å²) in [7, 11) is 1.62. The van der Waals surface area contributed by atoms with Gasteiger partial charge in [0, 0.05) is 42.2 Å². The van der Waals surface area contributed by atoms with Gasteiger partial charge in [-0.3, -0.25) is 14.0 Å². The third-order valence-corrected chi connectivity index (χ3v) is 11.9. The Kier molecular flexibility index (Phi) is 6.21. The first-order valence-corrected chi connectivity index (χ1v) is 17.2. The SMILES string of the molecule is COc1cc(C(=O)N2C[C@H](N)[C@@H]3CC[C@H]2C3)cc2nc(-c3cc4ccc([C@@H](C)NC(=O)C56CC(F)(C5)C6)nc4n3CC3CC3)c(C)n12. The molecular formula is C36H42FN7O3. The number of hydrogen-bond acceptors (Lipinski definition) is 6. The molecule has 2 amide bonds. The van der Waals surface area contributed by atoms with Crippen molar-refractivity contribution in [3.8, 4) is 17.3 Å². The Bertz CT molecular complexity index is 1960. The van der Waals surface area contributed by atoms with Crippen LogP contribution in [0.2, 0.25) is 0 Å². The average Bonchev–Trinajstić information content (AvgIpc) is 3.49. The molecule has 1 aliphatic heterocycles. The first-order valence-electron chi connectivity index (χ1n) is 17.2. The van der Waals surface area contributed by atoms with E-state index in [1.165, 1.54) is 12.8 Å². The molecule has 0 radical (unpaired) electrons. The smallest absolute Gasteiger partial charge is 0.254 e. The molecule has 10 nitrogen and oxygen atoms in total. The van der Waals surface area contributed by atoms with Gasteiger partial charge in [0.25, 0.3) is 5.91 Å². The minimum atomic E-state index is -1.12. The standard InChI is InChI=1S/C36H42FN7O3/c1-19(39-34(46)35-16-36(37,17-35)18-35)27-9-7-23-11-28(43(32(23)40-27)14-21-4-5-21)31-20(2)44-29(41-31)12-24(13-30(44)47-3)33(45)42-15-26(38)22-6-8-25(42)10-22/h7,9,11-13,19,21-22,25-26H,4-6,8,10,14-18,38H2,1-3H3,(H,39,46)/t19-,22-,25+,26+,35?,36?/m1/s1. The van der Waals surface area contributed by atoms with Crippen molar-refractivity contribution in [1.29, 1.82) is 0 Å². The number of hydrogen-bond donors (Lipinski definition) is 2. The minimum Gasteiger partial charge on any atom is -0.482 e. The number of nitrogens with zero attached hydrogens (tertiary/aromatic N) is 5. The number of likely N-dealkylation sites (tertiary alicyclic amines) is 1. The molecule has 1 saturated heterocycles. The van der Waals surface area contributed by atoms with Crippen molar-refractivity contribution in [2.75, 3.05) is 13.7 Å². The number of fused-ring (bicyclic) bond motifs is 4. The summed E-state index contributed by atoms with van der Waals surface area (Å²) in [5.74, 6) is 1.56. The number of aryl methyl sites for hydroxylation is 1. The fraction of sp³-hybridized carbons (Fsp3) is 0.556. The zero-order chi connectivity index (χ0) is 32.4. The molecule has 5 aliphatic carbocycles. The van der Waals surface area contributed by atoms with E-state index >= 15 is 0 Å². The van der Waals surface area contributed by atoms with E-state index in [1.807, 2.05) is 41.3 Å². The summed E-state index contributed by atoms with van der Waals surface area (Å²) in [5, 5.41) is 4.11. The van der Waals surface area contributed by atoms with Crippen molar-refractivity contribution in [2.24, 2.45) is 23.0 Å². The summed E-state index contributed by atoms with van der Waals surface area (Å²) in [6.07, 6.45) is 6.43. The highest BCUT2D eigenvalue weighted by atomic mass is 19.1. The third-order valence-electron chi connectivity index (χ3n) is 11.9. The number of piperidine rings is 1. The number of imidazole rings is 1. The van der Waals surface area contributed by atoms with Crippen molar-refractivity contribution in [1.82, 2.24) is 29.2 Å². The molecule has 4 atom stereocenters. The Balaban J connectivity index is 1.07. The lowest BCUT2D eigenvalue weighted by molar-refractivity contribution is -0.214. The number of rotatable bonds is 8. The summed E-state index contributed by atoms with van der Waals surface area (Å²) in [6, 6.07) is 9.82. The molecule has 10 rings (SSSR count). The van der Waals surface area contributed by atoms with Crippen LogP contribution in [0.4, 0.5) is 4.39 Å². The number of carbonyl (C=O) groups is 2. The molecule has 3 N–H and O–H groups in total.